The Hall–Kier alpha value is -1.62. The van der Waals surface area contributed by atoms with Gasteiger partial charge in [-0.15, -0.1) is 0 Å². The molecule has 112 valence electrons. The van der Waals surface area contributed by atoms with Gasteiger partial charge >= 0.3 is 0 Å². The zero-order chi connectivity index (χ0) is 14.2. The van der Waals surface area contributed by atoms with Crippen molar-refractivity contribution in [2.24, 2.45) is 4.99 Å². The molecule has 0 saturated carbocycles. The lowest BCUT2D eigenvalue weighted by Gasteiger charge is -2.40. The van der Waals surface area contributed by atoms with Crippen LogP contribution in [0.25, 0.3) is 0 Å². The summed E-state index contributed by atoms with van der Waals surface area (Å²) < 4.78 is 0. The zero-order valence-corrected chi connectivity index (χ0v) is 12.7. The van der Waals surface area contributed by atoms with Crippen LogP contribution in [0, 0.1) is 6.92 Å². The van der Waals surface area contributed by atoms with Gasteiger partial charge in [0, 0.05) is 50.9 Å². The van der Waals surface area contributed by atoms with Gasteiger partial charge in [-0.25, -0.2) is 0 Å². The maximum absolute atomic E-state index is 4.90. The number of fused-ring (bicyclic) bond motifs is 2. The summed E-state index contributed by atoms with van der Waals surface area (Å²) in [4.78, 5) is 12.0. The molecule has 0 radical (unpaired) electrons. The van der Waals surface area contributed by atoms with Gasteiger partial charge in [0.25, 0.3) is 0 Å². The van der Waals surface area contributed by atoms with Crippen LogP contribution >= 0.6 is 0 Å². The maximum Gasteiger partial charge on any atom is 0.194 e. The van der Waals surface area contributed by atoms with E-state index in [4.69, 9.17) is 4.98 Å². The molecule has 0 aliphatic carbocycles. The largest absolute Gasteiger partial charge is 0.356 e. The molecule has 1 aromatic heterocycles. The second kappa shape index (κ2) is 5.30. The molecule has 4 heterocycles. The van der Waals surface area contributed by atoms with Crippen LogP contribution in [0.1, 0.15) is 35.4 Å². The number of nitrogens with zero attached hydrogens (tertiary/aromatic N) is 3. The van der Waals surface area contributed by atoms with Gasteiger partial charge in [0.15, 0.2) is 5.96 Å². The van der Waals surface area contributed by atoms with Gasteiger partial charge in [0.2, 0.25) is 0 Å². The molecule has 1 saturated heterocycles. The number of nitrogens with one attached hydrogen (secondary N) is 2. The lowest BCUT2D eigenvalue weighted by Crippen LogP contribution is -2.55. The molecule has 3 aliphatic rings. The lowest BCUT2D eigenvalue weighted by molar-refractivity contribution is 0.246. The molecule has 1 atom stereocenters. The van der Waals surface area contributed by atoms with Crippen molar-refractivity contribution in [1.29, 1.82) is 0 Å². The van der Waals surface area contributed by atoms with Crippen molar-refractivity contribution >= 4 is 5.96 Å². The van der Waals surface area contributed by atoms with Crippen molar-refractivity contribution in [2.45, 2.75) is 45.3 Å². The number of hydrogen-bond donors (Lipinski definition) is 2. The van der Waals surface area contributed by atoms with Crippen molar-refractivity contribution in [1.82, 2.24) is 20.5 Å². The number of aliphatic imine (C=N–C) groups is 1. The summed E-state index contributed by atoms with van der Waals surface area (Å²) in [5.74, 6) is 1.11. The van der Waals surface area contributed by atoms with Gasteiger partial charge in [-0.1, -0.05) is 0 Å². The van der Waals surface area contributed by atoms with E-state index in [2.05, 4.69) is 33.5 Å². The van der Waals surface area contributed by atoms with E-state index < -0.39 is 0 Å². The van der Waals surface area contributed by atoms with E-state index in [-0.39, 0.29) is 0 Å². The quantitative estimate of drug-likeness (QED) is 0.850. The number of pyridine rings is 1. The standard InChI is InChI=1S/C16H23N5/c1-11-7-12(20-15-10-17-9-14(11)15)8-13-3-5-19-16-18-4-2-6-21(13)16/h7,13,17H,2-6,8-10H2,1H3,(H,18,19). The zero-order valence-electron chi connectivity index (χ0n) is 12.7. The Balaban J connectivity index is 1.57. The summed E-state index contributed by atoms with van der Waals surface area (Å²) in [6, 6.07) is 2.83. The molecule has 21 heavy (non-hydrogen) atoms. The summed E-state index contributed by atoms with van der Waals surface area (Å²) in [5.41, 5.74) is 5.30. The minimum Gasteiger partial charge on any atom is -0.356 e. The summed E-state index contributed by atoms with van der Waals surface area (Å²) >= 11 is 0. The van der Waals surface area contributed by atoms with Crippen LogP contribution in [-0.2, 0) is 19.5 Å². The molecule has 5 nitrogen and oxygen atoms in total. The van der Waals surface area contributed by atoms with Gasteiger partial charge in [-0.3, -0.25) is 9.98 Å². The van der Waals surface area contributed by atoms with Crippen molar-refractivity contribution in [3.05, 3.63) is 28.6 Å². The molecular formula is C16H23N5. The van der Waals surface area contributed by atoms with E-state index in [0.29, 0.717) is 6.04 Å². The molecule has 3 aliphatic heterocycles. The van der Waals surface area contributed by atoms with Crippen molar-refractivity contribution in [2.75, 3.05) is 19.6 Å². The number of aromatic nitrogens is 1. The molecule has 0 amide bonds. The highest BCUT2D eigenvalue weighted by Gasteiger charge is 2.28. The van der Waals surface area contributed by atoms with E-state index in [1.165, 1.54) is 35.4 Å². The smallest absolute Gasteiger partial charge is 0.194 e. The normalized spacial score (nSPS) is 24.1. The summed E-state index contributed by atoms with van der Waals surface area (Å²) in [5, 5.41) is 6.84. The van der Waals surface area contributed by atoms with E-state index >= 15 is 0 Å². The fraction of sp³-hybridized carbons (Fsp3) is 0.625. The first-order valence-corrected chi connectivity index (χ1v) is 8.05. The van der Waals surface area contributed by atoms with Gasteiger partial charge < -0.3 is 15.5 Å². The van der Waals surface area contributed by atoms with Crippen LogP contribution in [-0.4, -0.2) is 41.5 Å². The Kier molecular flexibility index (Phi) is 3.30. The average Bonchev–Trinajstić information content (AvgIpc) is 2.97. The molecule has 5 heteroatoms. The number of aryl methyl sites for hydroxylation is 1. The van der Waals surface area contributed by atoms with Gasteiger partial charge in [0.05, 0.1) is 5.69 Å². The molecule has 2 N–H and O–H groups in total. The minimum absolute atomic E-state index is 0.546. The molecule has 1 aromatic rings. The maximum atomic E-state index is 4.90. The molecule has 0 spiro atoms. The van der Waals surface area contributed by atoms with E-state index in [0.717, 1.165) is 45.1 Å². The number of hydrogen-bond acceptors (Lipinski definition) is 5. The Bertz CT molecular complexity index is 580. The van der Waals surface area contributed by atoms with Crippen molar-refractivity contribution < 1.29 is 0 Å². The second-order valence-corrected chi connectivity index (χ2v) is 6.28. The Morgan fingerprint density at radius 2 is 2.33 bits per heavy atom. The molecule has 0 aromatic carbocycles. The molecule has 4 rings (SSSR count). The van der Waals surface area contributed by atoms with E-state index in [1.54, 1.807) is 0 Å². The molecule has 1 unspecified atom stereocenters. The van der Waals surface area contributed by atoms with E-state index in [9.17, 15) is 0 Å². The fourth-order valence-electron chi connectivity index (χ4n) is 3.73. The second-order valence-electron chi connectivity index (χ2n) is 6.28. The Morgan fingerprint density at radius 1 is 1.38 bits per heavy atom. The van der Waals surface area contributed by atoms with Crippen LogP contribution in [0.5, 0.6) is 0 Å². The fourth-order valence-corrected chi connectivity index (χ4v) is 3.73. The van der Waals surface area contributed by atoms with Crippen molar-refractivity contribution in [3.8, 4) is 0 Å². The predicted molar refractivity (Wildman–Crippen MR) is 83.3 cm³/mol. The summed E-state index contributed by atoms with van der Waals surface area (Å²) in [7, 11) is 0. The van der Waals surface area contributed by atoms with Crippen LogP contribution in [0.3, 0.4) is 0 Å². The third-order valence-electron chi connectivity index (χ3n) is 4.82. The molecule has 0 bridgehead atoms. The highest BCUT2D eigenvalue weighted by molar-refractivity contribution is 5.81. The van der Waals surface area contributed by atoms with Gasteiger partial charge in [0.1, 0.15) is 0 Å². The lowest BCUT2D eigenvalue weighted by atomic mass is 10.00. The first-order valence-electron chi connectivity index (χ1n) is 8.05. The SMILES string of the molecule is Cc1cc(CC2CCNC3=NCCCN32)nc2c1CNC2. The first kappa shape index (κ1) is 13.1. The van der Waals surface area contributed by atoms with Crippen LogP contribution in [0.2, 0.25) is 0 Å². The first-order chi connectivity index (χ1) is 10.3. The van der Waals surface area contributed by atoms with Crippen molar-refractivity contribution in [3.63, 3.8) is 0 Å². The van der Waals surface area contributed by atoms with Gasteiger partial charge in [-0.05, 0) is 37.0 Å². The minimum atomic E-state index is 0.546. The molecule has 1 fully saturated rings. The Labute approximate surface area is 125 Å². The predicted octanol–water partition coefficient (Wildman–Crippen LogP) is 0.959. The number of guanidine groups is 1. The molecular weight excluding hydrogens is 262 g/mol. The van der Waals surface area contributed by atoms with Crippen LogP contribution < -0.4 is 10.6 Å². The highest BCUT2D eigenvalue weighted by Crippen LogP contribution is 2.22. The third-order valence-corrected chi connectivity index (χ3v) is 4.82. The average molecular weight is 285 g/mol. The third kappa shape index (κ3) is 2.39. The van der Waals surface area contributed by atoms with Crippen LogP contribution in [0.15, 0.2) is 11.1 Å². The van der Waals surface area contributed by atoms with Gasteiger partial charge in [-0.2, -0.15) is 0 Å². The highest BCUT2D eigenvalue weighted by atomic mass is 15.3. The number of rotatable bonds is 2. The Morgan fingerprint density at radius 3 is 3.29 bits per heavy atom. The van der Waals surface area contributed by atoms with Crippen LogP contribution in [0.4, 0.5) is 0 Å². The van der Waals surface area contributed by atoms with E-state index in [1.807, 2.05) is 0 Å². The summed E-state index contributed by atoms with van der Waals surface area (Å²) in [6.07, 6.45) is 3.38. The summed E-state index contributed by atoms with van der Waals surface area (Å²) in [6.45, 7) is 7.24. The monoisotopic (exact) mass is 285 g/mol. The topological polar surface area (TPSA) is 52.6 Å².